The molecule has 19 heavy (non-hydrogen) atoms. The molecule has 3 rings (SSSR count). The average Bonchev–Trinajstić information content (AvgIpc) is 2.75. The minimum Gasteiger partial charge on any atom is -0.324 e. The fraction of sp³-hybridized carbons (Fsp3) is 0.250. The van der Waals surface area contributed by atoms with Gasteiger partial charge in [-0.3, -0.25) is 0 Å². The Hall–Kier alpha value is -1.71. The monoisotopic (exact) mass is 256 g/mol. The lowest BCUT2D eigenvalue weighted by Gasteiger charge is -2.14. The molecule has 0 radical (unpaired) electrons. The smallest absolute Gasteiger partial charge is 0.127 e. The molecule has 0 heterocycles. The summed E-state index contributed by atoms with van der Waals surface area (Å²) in [5.41, 5.74) is 9.26. The molecule has 0 saturated heterocycles. The van der Waals surface area contributed by atoms with E-state index in [1.807, 2.05) is 24.3 Å². The summed E-state index contributed by atoms with van der Waals surface area (Å²) in [6.07, 6.45) is 0.869. The van der Waals surface area contributed by atoms with Gasteiger partial charge in [-0.2, -0.15) is 0 Å². The lowest BCUT2D eigenvalue weighted by atomic mass is 10.1. The van der Waals surface area contributed by atoms with Crippen LogP contribution in [0.15, 0.2) is 48.5 Å². The summed E-state index contributed by atoms with van der Waals surface area (Å²) in [5, 5.41) is 3.41. The average molecular weight is 256 g/mol. The second-order valence-corrected chi connectivity index (χ2v) is 5.00. The van der Waals surface area contributed by atoms with Gasteiger partial charge < -0.3 is 11.1 Å². The van der Waals surface area contributed by atoms with Crippen LogP contribution in [-0.4, -0.2) is 0 Å². The highest BCUT2D eigenvalue weighted by Crippen LogP contribution is 2.37. The first-order chi connectivity index (χ1) is 9.25. The molecule has 2 unspecified atom stereocenters. The molecule has 2 atom stereocenters. The lowest BCUT2D eigenvalue weighted by molar-refractivity contribution is 0.488. The molecule has 0 aliphatic heterocycles. The van der Waals surface area contributed by atoms with E-state index in [1.165, 1.54) is 17.2 Å². The van der Waals surface area contributed by atoms with E-state index >= 15 is 0 Å². The van der Waals surface area contributed by atoms with Crippen LogP contribution >= 0.6 is 0 Å². The summed E-state index contributed by atoms with van der Waals surface area (Å²) in [7, 11) is 0. The first-order valence-corrected chi connectivity index (χ1v) is 6.57. The van der Waals surface area contributed by atoms with Gasteiger partial charge in [-0.25, -0.2) is 4.39 Å². The quantitative estimate of drug-likeness (QED) is 0.885. The number of nitrogens with two attached hydrogens (primary N) is 1. The summed E-state index contributed by atoms with van der Waals surface area (Å²) in [6.45, 7) is 0.526. The summed E-state index contributed by atoms with van der Waals surface area (Å²) < 4.78 is 13.6. The maximum atomic E-state index is 13.6. The van der Waals surface area contributed by atoms with Gasteiger partial charge in [-0.05, 0) is 23.6 Å². The lowest BCUT2D eigenvalue weighted by Crippen LogP contribution is -2.20. The third-order valence-corrected chi connectivity index (χ3v) is 3.76. The fourth-order valence-corrected chi connectivity index (χ4v) is 2.74. The van der Waals surface area contributed by atoms with Gasteiger partial charge in [0, 0.05) is 24.2 Å². The highest BCUT2D eigenvalue weighted by molar-refractivity contribution is 5.37. The molecule has 1 aliphatic carbocycles. The summed E-state index contributed by atoms with van der Waals surface area (Å²) in [4.78, 5) is 0. The SMILES string of the molecule is NC1CC(NCc2ccccc2F)c2ccccc21. The zero-order valence-corrected chi connectivity index (χ0v) is 10.6. The molecule has 2 aromatic carbocycles. The van der Waals surface area contributed by atoms with Crippen molar-refractivity contribution in [2.24, 2.45) is 5.73 Å². The molecule has 0 amide bonds. The van der Waals surface area contributed by atoms with Crippen molar-refractivity contribution in [3.05, 3.63) is 71.0 Å². The van der Waals surface area contributed by atoms with Gasteiger partial charge in [0.1, 0.15) is 5.82 Å². The molecule has 0 fully saturated rings. The van der Waals surface area contributed by atoms with Crippen molar-refractivity contribution in [1.29, 1.82) is 0 Å². The van der Waals surface area contributed by atoms with E-state index in [2.05, 4.69) is 17.4 Å². The maximum absolute atomic E-state index is 13.6. The van der Waals surface area contributed by atoms with Crippen molar-refractivity contribution in [2.45, 2.75) is 25.0 Å². The molecule has 0 spiro atoms. The normalized spacial score (nSPS) is 21.4. The standard InChI is InChI=1S/C16H17FN2/c17-14-8-4-1-5-11(14)10-19-16-9-15(18)12-6-2-3-7-13(12)16/h1-8,15-16,19H,9-10,18H2. The van der Waals surface area contributed by atoms with E-state index in [-0.39, 0.29) is 17.9 Å². The molecule has 0 bridgehead atoms. The van der Waals surface area contributed by atoms with Gasteiger partial charge in [0.25, 0.3) is 0 Å². The minimum atomic E-state index is -0.161. The van der Waals surface area contributed by atoms with Gasteiger partial charge in [0.05, 0.1) is 0 Å². The Morgan fingerprint density at radius 1 is 1.05 bits per heavy atom. The summed E-state index contributed by atoms with van der Waals surface area (Å²) in [5.74, 6) is -0.161. The second-order valence-electron chi connectivity index (χ2n) is 5.00. The molecular weight excluding hydrogens is 239 g/mol. The number of hydrogen-bond donors (Lipinski definition) is 2. The summed E-state index contributed by atoms with van der Waals surface area (Å²) in [6, 6.07) is 15.4. The molecule has 1 aliphatic rings. The number of fused-ring (bicyclic) bond motifs is 1. The van der Waals surface area contributed by atoms with E-state index in [0.717, 1.165) is 6.42 Å². The van der Waals surface area contributed by atoms with Crippen LogP contribution < -0.4 is 11.1 Å². The van der Waals surface area contributed by atoms with Gasteiger partial charge in [-0.1, -0.05) is 42.5 Å². The van der Waals surface area contributed by atoms with Crippen LogP contribution in [0.3, 0.4) is 0 Å². The molecule has 2 aromatic rings. The second kappa shape index (κ2) is 5.11. The van der Waals surface area contributed by atoms with Crippen LogP contribution in [0.1, 0.15) is 35.2 Å². The van der Waals surface area contributed by atoms with Crippen molar-refractivity contribution in [3.8, 4) is 0 Å². The third kappa shape index (κ3) is 2.39. The van der Waals surface area contributed by atoms with Crippen molar-refractivity contribution in [1.82, 2.24) is 5.32 Å². The predicted molar refractivity (Wildman–Crippen MR) is 74.0 cm³/mol. The van der Waals surface area contributed by atoms with Crippen molar-refractivity contribution >= 4 is 0 Å². The maximum Gasteiger partial charge on any atom is 0.127 e. The number of rotatable bonds is 3. The zero-order chi connectivity index (χ0) is 13.2. The van der Waals surface area contributed by atoms with Gasteiger partial charge in [-0.15, -0.1) is 0 Å². The van der Waals surface area contributed by atoms with E-state index in [0.29, 0.717) is 12.1 Å². The van der Waals surface area contributed by atoms with Gasteiger partial charge in [0.2, 0.25) is 0 Å². The van der Waals surface area contributed by atoms with Crippen LogP contribution in [-0.2, 0) is 6.54 Å². The number of benzene rings is 2. The van der Waals surface area contributed by atoms with Crippen LogP contribution in [0.5, 0.6) is 0 Å². The van der Waals surface area contributed by atoms with Crippen LogP contribution in [0.25, 0.3) is 0 Å². The Labute approximate surface area is 112 Å². The Kier molecular flexibility index (Phi) is 3.32. The topological polar surface area (TPSA) is 38.0 Å². The Morgan fingerprint density at radius 3 is 2.53 bits per heavy atom. The van der Waals surface area contributed by atoms with Gasteiger partial charge in [0.15, 0.2) is 0 Å². The molecule has 2 nitrogen and oxygen atoms in total. The molecular formula is C16H17FN2. The van der Waals surface area contributed by atoms with Crippen LogP contribution in [0, 0.1) is 5.82 Å². The predicted octanol–water partition coefficient (Wildman–Crippen LogP) is 3.06. The van der Waals surface area contributed by atoms with E-state index in [9.17, 15) is 4.39 Å². The summed E-state index contributed by atoms with van der Waals surface area (Å²) >= 11 is 0. The van der Waals surface area contributed by atoms with E-state index < -0.39 is 0 Å². The highest BCUT2D eigenvalue weighted by Gasteiger charge is 2.27. The zero-order valence-electron chi connectivity index (χ0n) is 10.6. The fourth-order valence-electron chi connectivity index (χ4n) is 2.74. The number of nitrogens with one attached hydrogen (secondary N) is 1. The highest BCUT2D eigenvalue weighted by atomic mass is 19.1. The number of hydrogen-bond acceptors (Lipinski definition) is 2. The Bertz CT molecular complexity index is 582. The van der Waals surface area contributed by atoms with Gasteiger partial charge >= 0.3 is 0 Å². The molecule has 3 heteroatoms. The van der Waals surface area contributed by atoms with Crippen molar-refractivity contribution in [2.75, 3.05) is 0 Å². The van der Waals surface area contributed by atoms with Crippen molar-refractivity contribution < 1.29 is 4.39 Å². The number of halogens is 1. The first-order valence-electron chi connectivity index (χ1n) is 6.57. The largest absolute Gasteiger partial charge is 0.324 e. The van der Waals surface area contributed by atoms with Crippen LogP contribution in [0.2, 0.25) is 0 Å². The molecule has 98 valence electrons. The molecule has 0 saturated carbocycles. The van der Waals surface area contributed by atoms with E-state index in [1.54, 1.807) is 6.07 Å². The van der Waals surface area contributed by atoms with Crippen molar-refractivity contribution in [3.63, 3.8) is 0 Å². The third-order valence-electron chi connectivity index (χ3n) is 3.76. The molecule has 3 N–H and O–H groups in total. The van der Waals surface area contributed by atoms with E-state index in [4.69, 9.17) is 5.73 Å². The minimum absolute atomic E-state index is 0.0781. The molecule has 0 aromatic heterocycles. The Balaban J connectivity index is 1.74. The Morgan fingerprint density at radius 2 is 1.74 bits per heavy atom. The van der Waals surface area contributed by atoms with Crippen LogP contribution in [0.4, 0.5) is 4.39 Å². The first kappa shape index (κ1) is 12.3.